The molecule has 0 saturated carbocycles. The fourth-order valence-corrected chi connectivity index (χ4v) is 4.67. The van der Waals surface area contributed by atoms with E-state index in [-0.39, 0.29) is 22.1 Å². The van der Waals surface area contributed by atoms with Crippen LogP contribution in [0.25, 0.3) is 0 Å². The minimum atomic E-state index is -0.313. The second-order valence-electron chi connectivity index (χ2n) is 9.71. The zero-order chi connectivity index (χ0) is 24.6. The third-order valence-corrected chi connectivity index (χ3v) is 6.42. The first kappa shape index (κ1) is 23.5. The number of hydrogen-bond acceptors (Lipinski definition) is 4. The Morgan fingerprint density at radius 2 is 1.59 bits per heavy atom. The summed E-state index contributed by atoms with van der Waals surface area (Å²) in [6.07, 6.45) is 0.714. The van der Waals surface area contributed by atoms with Crippen LogP contribution in [0.3, 0.4) is 0 Å². The van der Waals surface area contributed by atoms with Crippen molar-refractivity contribution in [2.75, 3.05) is 14.2 Å². The van der Waals surface area contributed by atoms with Crippen LogP contribution in [0, 0.1) is 10.1 Å². The number of nitro benzene ring substituents is 1. The van der Waals surface area contributed by atoms with E-state index in [2.05, 4.69) is 56.5 Å². The van der Waals surface area contributed by atoms with E-state index >= 15 is 0 Å². The van der Waals surface area contributed by atoms with Gasteiger partial charge in [0.1, 0.15) is 0 Å². The molecule has 0 aromatic heterocycles. The highest BCUT2D eigenvalue weighted by molar-refractivity contribution is 6.12. The molecule has 0 fully saturated rings. The molecule has 1 aliphatic heterocycles. The van der Waals surface area contributed by atoms with Crippen molar-refractivity contribution in [3.05, 3.63) is 93.0 Å². The average Bonchev–Trinajstić information content (AvgIpc) is 2.81. The van der Waals surface area contributed by atoms with Crippen molar-refractivity contribution in [3.63, 3.8) is 0 Å². The smallest absolute Gasteiger partial charge is 0.339 e. The van der Waals surface area contributed by atoms with E-state index in [9.17, 15) is 10.1 Å². The SMILES string of the molecule is COc1cc2c(cc1OC)C(c1ccc(C(C)(C)C)cc1)=[N+](c1ccccc1[N+](=O)[O-])C(C)C2. The fraction of sp³-hybridized carbons (Fsp3) is 0.321. The number of ether oxygens (including phenoxy) is 2. The van der Waals surface area contributed by atoms with Crippen molar-refractivity contribution >= 4 is 17.1 Å². The van der Waals surface area contributed by atoms with Crippen molar-refractivity contribution in [2.24, 2.45) is 0 Å². The molecule has 4 rings (SSSR count). The molecular weight excluding hydrogens is 428 g/mol. The molecule has 0 aliphatic carbocycles. The van der Waals surface area contributed by atoms with Gasteiger partial charge in [0.05, 0.1) is 24.7 Å². The Morgan fingerprint density at radius 3 is 2.18 bits per heavy atom. The van der Waals surface area contributed by atoms with Crippen molar-refractivity contribution < 1.29 is 19.0 Å². The monoisotopic (exact) mass is 459 g/mol. The molecule has 34 heavy (non-hydrogen) atoms. The number of para-hydroxylation sites is 2. The standard InChI is InChI=1S/C28H31N2O4/c1-18-15-20-16-25(33-5)26(34-6)17-22(20)27(19-11-13-21(14-12-19)28(2,3)4)29(18)23-9-7-8-10-24(23)30(31)32/h7-14,16-18H,15H2,1-6H3/q+1. The first-order chi connectivity index (χ1) is 16.2. The molecule has 3 aromatic carbocycles. The number of nitro groups is 1. The highest BCUT2D eigenvalue weighted by Gasteiger charge is 2.38. The van der Waals surface area contributed by atoms with Gasteiger partial charge in [0, 0.05) is 24.1 Å². The van der Waals surface area contributed by atoms with E-state index in [1.165, 1.54) is 5.56 Å². The Bertz CT molecular complexity index is 1270. The van der Waals surface area contributed by atoms with Gasteiger partial charge < -0.3 is 9.47 Å². The molecule has 0 amide bonds. The van der Waals surface area contributed by atoms with Crippen LogP contribution >= 0.6 is 0 Å². The summed E-state index contributed by atoms with van der Waals surface area (Å²) in [5, 5.41) is 11.9. The molecule has 1 heterocycles. The summed E-state index contributed by atoms with van der Waals surface area (Å²) in [4.78, 5) is 11.6. The molecule has 1 aliphatic rings. The highest BCUT2D eigenvalue weighted by atomic mass is 16.6. The molecule has 3 aromatic rings. The number of methoxy groups -OCH3 is 2. The number of benzene rings is 3. The van der Waals surface area contributed by atoms with Crippen molar-refractivity contribution in [3.8, 4) is 11.5 Å². The molecule has 1 unspecified atom stereocenters. The Morgan fingerprint density at radius 1 is 0.971 bits per heavy atom. The van der Waals surface area contributed by atoms with Crippen LogP contribution < -0.4 is 9.47 Å². The third-order valence-electron chi connectivity index (χ3n) is 6.42. The van der Waals surface area contributed by atoms with Crippen LogP contribution in [0.1, 0.15) is 49.9 Å². The van der Waals surface area contributed by atoms with Gasteiger partial charge >= 0.3 is 5.69 Å². The molecule has 1 atom stereocenters. The van der Waals surface area contributed by atoms with Gasteiger partial charge in [0.15, 0.2) is 17.5 Å². The van der Waals surface area contributed by atoms with Gasteiger partial charge in [-0.05, 0) is 47.7 Å². The molecule has 0 radical (unpaired) electrons. The first-order valence-corrected chi connectivity index (χ1v) is 11.4. The van der Waals surface area contributed by atoms with E-state index < -0.39 is 0 Å². The number of rotatable bonds is 5. The lowest BCUT2D eigenvalue weighted by atomic mass is 9.84. The van der Waals surface area contributed by atoms with E-state index in [1.807, 2.05) is 24.3 Å². The second-order valence-corrected chi connectivity index (χ2v) is 9.71. The lowest BCUT2D eigenvalue weighted by Gasteiger charge is -2.25. The van der Waals surface area contributed by atoms with Crippen LogP contribution in [0.4, 0.5) is 11.4 Å². The minimum absolute atomic E-state index is 0.0102. The predicted octanol–water partition coefficient (Wildman–Crippen LogP) is 6.04. The summed E-state index contributed by atoms with van der Waals surface area (Å²) in [5.74, 6) is 1.30. The van der Waals surface area contributed by atoms with Crippen LogP contribution in [0.5, 0.6) is 11.5 Å². The summed E-state index contributed by atoms with van der Waals surface area (Å²) in [6.45, 7) is 8.65. The van der Waals surface area contributed by atoms with Gasteiger partial charge in [-0.3, -0.25) is 10.1 Å². The topological polar surface area (TPSA) is 64.6 Å². The molecule has 0 saturated heterocycles. The summed E-state index contributed by atoms with van der Waals surface area (Å²) in [7, 11) is 3.25. The van der Waals surface area contributed by atoms with Crippen LogP contribution in [0.15, 0.2) is 60.7 Å². The van der Waals surface area contributed by atoms with Crippen molar-refractivity contribution in [2.45, 2.75) is 45.6 Å². The maximum atomic E-state index is 11.9. The van der Waals surface area contributed by atoms with Gasteiger partial charge in [-0.15, -0.1) is 0 Å². The van der Waals surface area contributed by atoms with Gasteiger partial charge in [-0.2, -0.15) is 4.58 Å². The highest BCUT2D eigenvalue weighted by Crippen LogP contribution is 2.38. The maximum Gasteiger partial charge on any atom is 0.339 e. The lowest BCUT2D eigenvalue weighted by Crippen LogP contribution is -2.35. The van der Waals surface area contributed by atoms with Crippen molar-refractivity contribution in [1.82, 2.24) is 0 Å². The molecule has 0 bridgehead atoms. The third kappa shape index (κ3) is 4.16. The van der Waals surface area contributed by atoms with E-state index in [0.29, 0.717) is 23.6 Å². The quantitative estimate of drug-likeness (QED) is 0.265. The lowest BCUT2D eigenvalue weighted by molar-refractivity contribution is -0.492. The number of hydrogen-bond donors (Lipinski definition) is 0. The van der Waals surface area contributed by atoms with E-state index in [4.69, 9.17) is 9.47 Å². The van der Waals surface area contributed by atoms with Gasteiger partial charge in [-0.1, -0.05) is 45.0 Å². The normalized spacial score (nSPS) is 15.6. The Balaban J connectivity index is 2.06. The summed E-state index contributed by atoms with van der Waals surface area (Å²) in [6, 6.07) is 19.4. The second kappa shape index (κ2) is 8.93. The molecule has 6 heteroatoms. The van der Waals surface area contributed by atoms with Crippen LogP contribution in [-0.2, 0) is 11.8 Å². The first-order valence-electron chi connectivity index (χ1n) is 11.4. The fourth-order valence-electron chi connectivity index (χ4n) is 4.67. The molecule has 0 N–H and O–H groups in total. The Kier molecular flexibility index (Phi) is 6.17. The Labute approximate surface area is 200 Å². The summed E-state index contributed by atoms with van der Waals surface area (Å²) < 4.78 is 13.3. The Hall–Kier alpha value is -3.67. The molecule has 176 valence electrons. The zero-order valence-corrected chi connectivity index (χ0v) is 20.6. The summed E-state index contributed by atoms with van der Waals surface area (Å²) >= 11 is 0. The van der Waals surface area contributed by atoms with Crippen LogP contribution in [-0.4, -0.2) is 35.5 Å². The minimum Gasteiger partial charge on any atom is -0.493 e. The van der Waals surface area contributed by atoms with Gasteiger partial charge in [0.25, 0.3) is 5.69 Å². The number of fused-ring (bicyclic) bond motifs is 1. The number of nitrogens with zero attached hydrogens (tertiary/aromatic N) is 2. The largest absolute Gasteiger partial charge is 0.493 e. The average molecular weight is 460 g/mol. The molecule has 0 spiro atoms. The molecule has 6 nitrogen and oxygen atoms in total. The summed E-state index contributed by atoms with van der Waals surface area (Å²) in [5.41, 5.74) is 5.93. The van der Waals surface area contributed by atoms with E-state index in [0.717, 1.165) is 22.4 Å². The van der Waals surface area contributed by atoms with Gasteiger partial charge in [0.2, 0.25) is 5.71 Å². The zero-order valence-electron chi connectivity index (χ0n) is 20.6. The molecular formula is C28H31N2O4+. The van der Waals surface area contributed by atoms with Crippen molar-refractivity contribution in [1.29, 1.82) is 0 Å². The van der Waals surface area contributed by atoms with Crippen LogP contribution in [0.2, 0.25) is 0 Å². The van der Waals surface area contributed by atoms with Gasteiger partial charge in [-0.25, -0.2) is 0 Å². The maximum absolute atomic E-state index is 11.9. The predicted molar refractivity (Wildman–Crippen MR) is 134 cm³/mol. The van der Waals surface area contributed by atoms with E-state index in [1.54, 1.807) is 26.4 Å².